The van der Waals surface area contributed by atoms with Crippen LogP contribution in [-0.4, -0.2) is 41.4 Å². The Morgan fingerprint density at radius 2 is 2.00 bits per heavy atom. The summed E-state index contributed by atoms with van der Waals surface area (Å²) in [6.07, 6.45) is 2.36. The molecule has 0 unspecified atom stereocenters. The fourth-order valence-corrected chi connectivity index (χ4v) is 1.21. The number of carboxylic acid groups (broad SMARTS) is 1. The van der Waals surface area contributed by atoms with E-state index >= 15 is 0 Å². The number of aliphatic carboxylic acids is 1. The van der Waals surface area contributed by atoms with Crippen LogP contribution in [0.15, 0.2) is 12.2 Å². The van der Waals surface area contributed by atoms with E-state index in [9.17, 15) is 14.4 Å². The van der Waals surface area contributed by atoms with E-state index in [1.54, 1.807) is 6.92 Å². The van der Waals surface area contributed by atoms with Crippen LogP contribution < -0.4 is 16.8 Å². The van der Waals surface area contributed by atoms with Crippen molar-refractivity contribution >= 4 is 17.7 Å². The van der Waals surface area contributed by atoms with E-state index in [0.717, 1.165) is 6.08 Å². The molecule has 0 aromatic carbocycles. The lowest BCUT2D eigenvalue weighted by Gasteiger charge is -2.14. The Bertz CT molecular complexity index is 341. The Kier molecular flexibility index (Phi) is 7.57. The molecule has 6 N–H and O–H groups in total. The summed E-state index contributed by atoms with van der Waals surface area (Å²) in [6.45, 7) is 1.83. The molecule has 7 nitrogen and oxygen atoms in total. The average Bonchev–Trinajstić information content (AvgIpc) is 2.26. The van der Waals surface area contributed by atoms with Crippen molar-refractivity contribution in [2.75, 3.05) is 6.54 Å². The molecule has 7 heteroatoms. The van der Waals surface area contributed by atoms with Crippen LogP contribution in [0.3, 0.4) is 0 Å². The SMILES string of the molecule is C[C@@H](/C=C/C(=O)O)NC(=O)[C@@H](N)CC(=O)CCN. The highest BCUT2D eigenvalue weighted by Gasteiger charge is 2.17. The minimum Gasteiger partial charge on any atom is -0.478 e. The Hall–Kier alpha value is -1.73. The summed E-state index contributed by atoms with van der Waals surface area (Å²) in [5.74, 6) is -1.77. The number of ketones is 1. The molecule has 0 rings (SSSR count). The van der Waals surface area contributed by atoms with Crippen molar-refractivity contribution < 1.29 is 19.5 Å². The van der Waals surface area contributed by atoms with Gasteiger partial charge in [-0.1, -0.05) is 6.08 Å². The van der Waals surface area contributed by atoms with E-state index in [4.69, 9.17) is 16.6 Å². The third-order valence-corrected chi connectivity index (χ3v) is 2.10. The zero-order chi connectivity index (χ0) is 14.1. The molecule has 0 aromatic heterocycles. The lowest BCUT2D eigenvalue weighted by Crippen LogP contribution is -2.45. The van der Waals surface area contributed by atoms with Crippen molar-refractivity contribution in [2.45, 2.75) is 31.8 Å². The molecule has 0 saturated carbocycles. The maximum Gasteiger partial charge on any atom is 0.328 e. The first-order chi connectivity index (χ1) is 8.36. The molecular weight excluding hydrogens is 238 g/mol. The van der Waals surface area contributed by atoms with Gasteiger partial charge >= 0.3 is 5.97 Å². The van der Waals surface area contributed by atoms with Crippen LogP contribution >= 0.6 is 0 Å². The molecule has 1 amide bonds. The molecule has 0 fully saturated rings. The van der Waals surface area contributed by atoms with Gasteiger partial charge in [0.2, 0.25) is 5.91 Å². The van der Waals surface area contributed by atoms with Crippen molar-refractivity contribution in [1.82, 2.24) is 5.32 Å². The lowest BCUT2D eigenvalue weighted by molar-refractivity contribution is -0.131. The summed E-state index contributed by atoms with van der Waals surface area (Å²) >= 11 is 0. The fraction of sp³-hybridized carbons (Fsp3) is 0.545. The zero-order valence-corrected chi connectivity index (χ0v) is 10.3. The fourth-order valence-electron chi connectivity index (χ4n) is 1.21. The molecule has 0 spiro atoms. The standard InChI is InChI=1S/C11H19N3O4/c1-7(2-3-10(16)17)14-11(18)9(13)6-8(15)4-5-12/h2-3,7,9H,4-6,12-13H2,1H3,(H,14,18)(H,16,17)/b3-2+/t7-,9-/m0/s1. The minimum atomic E-state index is -1.10. The minimum absolute atomic E-state index is 0.0710. The zero-order valence-electron chi connectivity index (χ0n) is 10.3. The predicted octanol–water partition coefficient (Wildman–Crippen LogP) is -1.23. The summed E-state index contributed by atoms with van der Waals surface area (Å²) in [5, 5.41) is 10.9. The molecule has 0 aromatic rings. The van der Waals surface area contributed by atoms with Crippen LogP contribution in [0.2, 0.25) is 0 Å². The molecule has 0 aliphatic carbocycles. The van der Waals surface area contributed by atoms with Crippen LogP contribution in [0.1, 0.15) is 19.8 Å². The van der Waals surface area contributed by atoms with Gasteiger partial charge in [0.1, 0.15) is 5.78 Å². The first-order valence-electron chi connectivity index (χ1n) is 5.55. The van der Waals surface area contributed by atoms with E-state index in [0.29, 0.717) is 0 Å². The highest BCUT2D eigenvalue weighted by atomic mass is 16.4. The van der Waals surface area contributed by atoms with Crippen LogP contribution in [-0.2, 0) is 14.4 Å². The van der Waals surface area contributed by atoms with Gasteiger partial charge in [0, 0.05) is 25.0 Å². The smallest absolute Gasteiger partial charge is 0.328 e. The van der Waals surface area contributed by atoms with Crippen molar-refractivity contribution in [3.63, 3.8) is 0 Å². The van der Waals surface area contributed by atoms with Gasteiger partial charge in [0.05, 0.1) is 6.04 Å². The number of nitrogens with two attached hydrogens (primary N) is 2. The van der Waals surface area contributed by atoms with Gasteiger partial charge in [0.25, 0.3) is 0 Å². The van der Waals surface area contributed by atoms with E-state index < -0.39 is 24.0 Å². The largest absolute Gasteiger partial charge is 0.478 e. The number of nitrogens with one attached hydrogen (secondary N) is 1. The monoisotopic (exact) mass is 257 g/mol. The summed E-state index contributed by atoms with van der Waals surface area (Å²) in [4.78, 5) is 33.0. The second-order valence-corrected chi connectivity index (χ2v) is 3.88. The maximum absolute atomic E-state index is 11.5. The number of carbonyl (C=O) groups excluding carboxylic acids is 2. The summed E-state index contributed by atoms with van der Waals surface area (Å²) in [7, 11) is 0. The molecule has 0 aliphatic heterocycles. The molecule has 0 heterocycles. The third kappa shape index (κ3) is 7.53. The summed E-state index contributed by atoms with van der Waals surface area (Å²) < 4.78 is 0. The number of amides is 1. The van der Waals surface area contributed by atoms with Gasteiger partial charge in [-0.3, -0.25) is 9.59 Å². The first-order valence-corrected chi connectivity index (χ1v) is 5.55. The van der Waals surface area contributed by atoms with Crippen molar-refractivity contribution in [2.24, 2.45) is 11.5 Å². The molecule has 102 valence electrons. The molecule has 0 radical (unpaired) electrons. The second kappa shape index (κ2) is 8.37. The number of Topliss-reactive ketones (excluding diaryl/α,β-unsaturated/α-hetero) is 1. The van der Waals surface area contributed by atoms with Crippen LogP contribution in [0.4, 0.5) is 0 Å². The van der Waals surface area contributed by atoms with Gasteiger partial charge < -0.3 is 21.9 Å². The van der Waals surface area contributed by atoms with Crippen LogP contribution in [0.25, 0.3) is 0 Å². The van der Waals surface area contributed by atoms with E-state index in [-0.39, 0.29) is 25.2 Å². The van der Waals surface area contributed by atoms with Crippen molar-refractivity contribution in [3.05, 3.63) is 12.2 Å². The lowest BCUT2D eigenvalue weighted by atomic mass is 10.1. The van der Waals surface area contributed by atoms with E-state index in [1.165, 1.54) is 6.08 Å². The van der Waals surface area contributed by atoms with Gasteiger partial charge in [-0.05, 0) is 13.5 Å². The van der Waals surface area contributed by atoms with Crippen molar-refractivity contribution in [1.29, 1.82) is 0 Å². The molecular formula is C11H19N3O4. The Morgan fingerprint density at radius 1 is 1.39 bits per heavy atom. The first kappa shape index (κ1) is 16.3. The average molecular weight is 257 g/mol. The van der Waals surface area contributed by atoms with Gasteiger partial charge in [-0.25, -0.2) is 4.79 Å². The number of hydrogen-bond donors (Lipinski definition) is 4. The normalized spacial score (nSPS) is 14.2. The molecule has 2 atom stereocenters. The number of carbonyl (C=O) groups is 3. The molecule has 18 heavy (non-hydrogen) atoms. The number of hydrogen-bond acceptors (Lipinski definition) is 5. The third-order valence-electron chi connectivity index (χ3n) is 2.10. The highest BCUT2D eigenvalue weighted by Crippen LogP contribution is 1.95. The topological polar surface area (TPSA) is 136 Å². The number of rotatable bonds is 8. The van der Waals surface area contributed by atoms with E-state index in [2.05, 4.69) is 5.32 Å². The van der Waals surface area contributed by atoms with Gasteiger partial charge in [-0.2, -0.15) is 0 Å². The van der Waals surface area contributed by atoms with Crippen molar-refractivity contribution in [3.8, 4) is 0 Å². The summed E-state index contributed by atoms with van der Waals surface area (Å²) in [6, 6.07) is -1.41. The molecule has 0 saturated heterocycles. The van der Waals surface area contributed by atoms with Gasteiger partial charge in [0.15, 0.2) is 0 Å². The molecule has 0 aliphatic rings. The maximum atomic E-state index is 11.5. The summed E-state index contributed by atoms with van der Waals surface area (Å²) in [5.41, 5.74) is 10.7. The number of carboxylic acids is 1. The highest BCUT2D eigenvalue weighted by molar-refractivity contribution is 5.89. The van der Waals surface area contributed by atoms with E-state index in [1.807, 2.05) is 0 Å². The Morgan fingerprint density at radius 3 is 2.50 bits per heavy atom. The Balaban J connectivity index is 4.15. The second-order valence-electron chi connectivity index (χ2n) is 3.88. The van der Waals surface area contributed by atoms with Crippen LogP contribution in [0.5, 0.6) is 0 Å². The quantitative estimate of drug-likeness (QED) is 0.402. The predicted molar refractivity (Wildman–Crippen MR) is 65.7 cm³/mol. The van der Waals surface area contributed by atoms with Gasteiger partial charge in [-0.15, -0.1) is 0 Å². The Labute approximate surface area is 105 Å². The molecule has 0 bridgehead atoms. The van der Waals surface area contributed by atoms with Crippen LogP contribution in [0, 0.1) is 0 Å².